The van der Waals surface area contributed by atoms with Crippen LogP contribution in [-0.2, 0) is 11.9 Å². The number of halogens is 2. The zero-order chi connectivity index (χ0) is 8.27. The van der Waals surface area contributed by atoms with Crippen molar-refractivity contribution in [2.45, 2.75) is 11.9 Å². The van der Waals surface area contributed by atoms with E-state index in [-0.39, 0.29) is 0 Å². The monoisotopic (exact) mass is 278 g/mol. The molecular weight excluding hydrogens is 272 g/mol. The predicted molar refractivity (Wildman–Crippen MR) is 52.8 cm³/mol. The summed E-state index contributed by atoms with van der Waals surface area (Å²) in [5.41, 5.74) is 0. The summed E-state index contributed by atoms with van der Waals surface area (Å²) >= 11 is 6.74. The Hall–Kier alpha value is -0.0900. The van der Waals surface area contributed by atoms with E-state index in [9.17, 15) is 0 Å². The van der Waals surface area contributed by atoms with Crippen molar-refractivity contribution in [1.82, 2.24) is 9.55 Å². The second kappa shape index (κ2) is 4.07. The average molecular weight is 280 g/mol. The zero-order valence-corrected chi connectivity index (χ0v) is 9.10. The van der Waals surface area contributed by atoms with Crippen LogP contribution in [0.1, 0.15) is 5.82 Å². The summed E-state index contributed by atoms with van der Waals surface area (Å²) in [7, 11) is 0. The molecule has 0 spiro atoms. The van der Waals surface area contributed by atoms with E-state index in [1.807, 2.05) is 10.6 Å². The highest BCUT2D eigenvalue weighted by Gasteiger charge is 2.03. The van der Waals surface area contributed by atoms with Crippen LogP contribution in [0.2, 0.25) is 0 Å². The number of aromatic nitrogens is 2. The van der Waals surface area contributed by atoms with Crippen LogP contribution in [0.15, 0.2) is 23.5 Å². The normalized spacial score (nSPS) is 10.0. The molecule has 0 aliphatic heterocycles. The van der Waals surface area contributed by atoms with Gasteiger partial charge in [-0.1, -0.05) is 22.0 Å². The number of alkyl halides is 1. The molecule has 4 heteroatoms. The Balaban J connectivity index is 2.96. The van der Waals surface area contributed by atoms with Gasteiger partial charge in [-0.05, 0) is 15.9 Å². The zero-order valence-electron chi connectivity index (χ0n) is 5.93. The molecule has 0 fully saturated rings. The Morgan fingerprint density at radius 1 is 1.73 bits per heavy atom. The Labute approximate surface area is 82.6 Å². The fourth-order valence-electron chi connectivity index (χ4n) is 0.819. The molecule has 0 aliphatic carbocycles. The van der Waals surface area contributed by atoms with Crippen LogP contribution in [0.5, 0.6) is 0 Å². The Kier molecular flexibility index (Phi) is 3.33. The van der Waals surface area contributed by atoms with E-state index in [1.165, 1.54) is 0 Å². The van der Waals surface area contributed by atoms with Gasteiger partial charge in [0.15, 0.2) is 0 Å². The molecule has 0 radical (unpaired) electrons. The lowest BCUT2D eigenvalue weighted by Crippen LogP contribution is -1.99. The van der Waals surface area contributed by atoms with Crippen LogP contribution in [0.25, 0.3) is 0 Å². The maximum absolute atomic E-state index is 4.17. The number of rotatable bonds is 3. The van der Waals surface area contributed by atoms with Crippen molar-refractivity contribution in [1.29, 1.82) is 0 Å². The van der Waals surface area contributed by atoms with Crippen molar-refractivity contribution in [2.24, 2.45) is 0 Å². The number of hydrogen-bond acceptors (Lipinski definition) is 1. The first-order valence-electron chi connectivity index (χ1n) is 3.16. The number of allylic oxidation sites excluding steroid dienone is 1. The molecule has 1 heterocycles. The molecule has 60 valence electrons. The first-order valence-corrected chi connectivity index (χ1v) is 5.07. The maximum atomic E-state index is 4.17. The molecule has 0 saturated heterocycles. The Bertz CT molecular complexity index is 255. The molecule has 0 atom stereocenters. The molecule has 1 aromatic rings. The predicted octanol–water partition coefficient (Wildman–Crippen LogP) is 2.73. The van der Waals surface area contributed by atoms with E-state index < -0.39 is 0 Å². The van der Waals surface area contributed by atoms with Gasteiger partial charge in [-0.2, -0.15) is 0 Å². The minimum Gasteiger partial charge on any atom is -0.318 e. The van der Waals surface area contributed by atoms with Crippen molar-refractivity contribution in [3.05, 3.63) is 29.3 Å². The van der Waals surface area contributed by atoms with Crippen LogP contribution >= 0.6 is 31.9 Å². The van der Waals surface area contributed by atoms with Crippen LogP contribution < -0.4 is 0 Å². The molecule has 1 aromatic heterocycles. The van der Waals surface area contributed by atoms with E-state index in [1.54, 1.807) is 6.20 Å². The lowest BCUT2D eigenvalue weighted by molar-refractivity contribution is 0.762. The highest BCUT2D eigenvalue weighted by Crippen LogP contribution is 2.14. The van der Waals surface area contributed by atoms with Crippen LogP contribution in [0.3, 0.4) is 0 Å². The number of hydrogen-bond donors (Lipinski definition) is 0. The summed E-state index contributed by atoms with van der Waals surface area (Å²) in [4.78, 5) is 4.17. The molecule has 0 aromatic carbocycles. The van der Waals surface area contributed by atoms with Gasteiger partial charge in [-0.15, -0.1) is 6.58 Å². The highest BCUT2D eigenvalue weighted by atomic mass is 79.9. The van der Waals surface area contributed by atoms with E-state index in [2.05, 4.69) is 43.4 Å². The van der Waals surface area contributed by atoms with Crippen molar-refractivity contribution in [3.63, 3.8) is 0 Å². The van der Waals surface area contributed by atoms with Gasteiger partial charge in [0.05, 0.1) is 11.5 Å². The van der Waals surface area contributed by atoms with Gasteiger partial charge in [-0.25, -0.2) is 4.98 Å². The summed E-state index contributed by atoms with van der Waals surface area (Å²) < 4.78 is 3.04. The topological polar surface area (TPSA) is 17.8 Å². The minimum atomic E-state index is 0.770. The van der Waals surface area contributed by atoms with Crippen molar-refractivity contribution in [2.75, 3.05) is 0 Å². The van der Waals surface area contributed by atoms with Crippen LogP contribution in [-0.4, -0.2) is 9.55 Å². The Morgan fingerprint density at radius 2 is 2.45 bits per heavy atom. The smallest absolute Gasteiger partial charge is 0.120 e. The Morgan fingerprint density at radius 3 is 3.00 bits per heavy atom. The van der Waals surface area contributed by atoms with E-state index in [0.29, 0.717) is 0 Å². The lowest BCUT2D eigenvalue weighted by atomic mass is 10.6. The number of nitrogens with zero attached hydrogens (tertiary/aromatic N) is 2. The molecule has 1 rings (SSSR count). The molecule has 0 bridgehead atoms. The van der Waals surface area contributed by atoms with E-state index in [0.717, 1.165) is 22.3 Å². The summed E-state index contributed by atoms with van der Waals surface area (Å²) in [5.74, 6) is 1.01. The van der Waals surface area contributed by atoms with Gasteiger partial charge in [0.2, 0.25) is 0 Å². The third-order valence-corrected chi connectivity index (χ3v) is 2.46. The summed E-state index contributed by atoms with van der Waals surface area (Å²) in [6, 6.07) is 0. The van der Waals surface area contributed by atoms with Gasteiger partial charge in [0.1, 0.15) is 10.4 Å². The highest BCUT2D eigenvalue weighted by molar-refractivity contribution is 9.10. The fourth-order valence-corrected chi connectivity index (χ4v) is 1.72. The quantitative estimate of drug-likeness (QED) is 0.615. The van der Waals surface area contributed by atoms with Gasteiger partial charge < -0.3 is 4.57 Å². The van der Waals surface area contributed by atoms with Crippen LogP contribution in [0, 0.1) is 0 Å². The third kappa shape index (κ3) is 1.93. The summed E-state index contributed by atoms with van der Waals surface area (Å²) in [6.45, 7) is 4.46. The molecular formula is C7H8Br2N2. The molecule has 0 aliphatic rings. The third-order valence-electron chi connectivity index (χ3n) is 1.32. The second-order valence-electron chi connectivity index (χ2n) is 2.03. The van der Waals surface area contributed by atoms with Crippen LogP contribution in [0.4, 0.5) is 0 Å². The molecule has 0 unspecified atom stereocenters. The molecule has 0 N–H and O–H groups in total. The van der Waals surface area contributed by atoms with Gasteiger partial charge in [-0.3, -0.25) is 0 Å². The van der Waals surface area contributed by atoms with E-state index >= 15 is 0 Å². The molecule has 11 heavy (non-hydrogen) atoms. The first-order chi connectivity index (χ1) is 5.29. The van der Waals surface area contributed by atoms with Crippen molar-refractivity contribution in [3.8, 4) is 0 Å². The average Bonchev–Trinajstić information content (AvgIpc) is 2.34. The van der Waals surface area contributed by atoms with Crippen molar-refractivity contribution < 1.29 is 0 Å². The van der Waals surface area contributed by atoms with E-state index in [4.69, 9.17) is 0 Å². The largest absolute Gasteiger partial charge is 0.318 e. The van der Waals surface area contributed by atoms with Crippen molar-refractivity contribution >= 4 is 31.9 Å². The van der Waals surface area contributed by atoms with Gasteiger partial charge in [0, 0.05) is 6.54 Å². The van der Waals surface area contributed by atoms with Gasteiger partial charge in [0.25, 0.3) is 0 Å². The summed E-state index contributed by atoms with van der Waals surface area (Å²) in [5, 5.41) is 0.770. The van der Waals surface area contributed by atoms with Gasteiger partial charge >= 0.3 is 0 Å². The lowest BCUT2D eigenvalue weighted by Gasteiger charge is -2.02. The number of imidazole rings is 1. The minimum absolute atomic E-state index is 0.770. The second-order valence-corrected chi connectivity index (χ2v) is 3.40. The summed E-state index contributed by atoms with van der Waals surface area (Å²) in [6.07, 6.45) is 3.64. The molecule has 0 saturated carbocycles. The maximum Gasteiger partial charge on any atom is 0.120 e. The fraction of sp³-hybridized carbons (Fsp3) is 0.286. The standard InChI is InChI=1S/C7H8Br2N2/c1-2-3-11-6(9)5-10-7(11)4-8/h2,5H,1,3-4H2. The first kappa shape index (κ1) is 9.00. The molecule has 0 amide bonds. The SMILES string of the molecule is C=CCn1c(Br)cnc1CBr. The molecule has 2 nitrogen and oxygen atoms in total.